The van der Waals surface area contributed by atoms with Crippen molar-refractivity contribution < 1.29 is 9.32 Å². The molecule has 2 heterocycles. The molecule has 3 rings (SSSR count). The topological polar surface area (TPSA) is 102 Å². The van der Waals surface area contributed by atoms with Crippen LogP contribution in [-0.2, 0) is 13.0 Å². The summed E-state index contributed by atoms with van der Waals surface area (Å²) < 4.78 is 6.71. The fourth-order valence-electron chi connectivity index (χ4n) is 2.32. The van der Waals surface area contributed by atoms with Crippen molar-refractivity contribution >= 4 is 23.3 Å². The lowest BCUT2D eigenvalue weighted by molar-refractivity contribution is 0.203. The van der Waals surface area contributed by atoms with Crippen LogP contribution in [0.3, 0.4) is 0 Å². The van der Waals surface area contributed by atoms with Crippen molar-refractivity contribution in [1.29, 1.82) is 0 Å². The molecule has 0 fully saturated rings. The monoisotopic (exact) mass is 375 g/mol. The van der Waals surface area contributed by atoms with Gasteiger partial charge in [-0.3, -0.25) is 0 Å². The van der Waals surface area contributed by atoms with E-state index in [-0.39, 0.29) is 12.6 Å². The highest BCUT2D eigenvalue weighted by molar-refractivity contribution is 6.31. The summed E-state index contributed by atoms with van der Waals surface area (Å²) >= 11 is 6.08. The minimum absolute atomic E-state index is 0.217. The van der Waals surface area contributed by atoms with Gasteiger partial charge in [0.1, 0.15) is 19.2 Å². The summed E-state index contributed by atoms with van der Waals surface area (Å²) in [4.78, 5) is 22.4. The van der Waals surface area contributed by atoms with Gasteiger partial charge in [-0.05, 0) is 25.1 Å². The molecule has 0 saturated carbocycles. The quantitative estimate of drug-likeness (QED) is 0.710. The number of urea groups is 1. The molecule has 10 heteroatoms. The van der Waals surface area contributed by atoms with E-state index in [9.17, 15) is 4.79 Å². The Labute approximate surface area is 155 Å². The number of aromatic nitrogens is 5. The number of carbonyl (C=O) groups excluding carboxylic acids is 1. The van der Waals surface area contributed by atoms with Crippen LogP contribution in [0, 0.1) is 0 Å². The van der Waals surface area contributed by atoms with Gasteiger partial charge in [0.2, 0.25) is 5.89 Å². The summed E-state index contributed by atoms with van der Waals surface area (Å²) in [7, 11) is 0. The van der Waals surface area contributed by atoms with Gasteiger partial charge < -0.3 is 14.7 Å². The molecule has 0 bridgehead atoms. The average molecular weight is 376 g/mol. The van der Waals surface area contributed by atoms with Gasteiger partial charge in [-0.2, -0.15) is 10.1 Å². The van der Waals surface area contributed by atoms with Crippen molar-refractivity contribution in [3.05, 3.63) is 47.6 Å². The van der Waals surface area contributed by atoms with Crippen molar-refractivity contribution in [1.82, 2.24) is 29.8 Å². The highest BCUT2D eigenvalue weighted by atomic mass is 35.5. The van der Waals surface area contributed by atoms with Crippen LogP contribution < -0.4 is 5.32 Å². The number of hydrogen-bond donors (Lipinski definition) is 1. The smallest absolute Gasteiger partial charge is 0.322 e. The van der Waals surface area contributed by atoms with E-state index in [1.807, 2.05) is 13.8 Å². The van der Waals surface area contributed by atoms with Gasteiger partial charge in [0, 0.05) is 18.0 Å². The number of carbonyl (C=O) groups is 1. The van der Waals surface area contributed by atoms with E-state index in [0.29, 0.717) is 41.1 Å². The fraction of sp³-hybridized carbons (Fsp3) is 0.312. The second-order valence-corrected chi connectivity index (χ2v) is 5.84. The molecule has 136 valence electrons. The molecule has 0 aliphatic rings. The molecule has 2 aromatic heterocycles. The molecule has 0 atom stereocenters. The maximum atomic E-state index is 12.7. The Hall–Kier alpha value is -2.94. The number of halogens is 1. The van der Waals surface area contributed by atoms with Gasteiger partial charge in [-0.15, -0.1) is 0 Å². The molecule has 0 aliphatic carbocycles. The summed E-state index contributed by atoms with van der Waals surface area (Å²) in [6, 6.07) is 4.82. The van der Waals surface area contributed by atoms with Gasteiger partial charge in [0.05, 0.1) is 11.4 Å². The summed E-state index contributed by atoms with van der Waals surface area (Å²) in [5, 5.41) is 11.3. The van der Waals surface area contributed by atoms with E-state index in [1.54, 1.807) is 34.1 Å². The maximum absolute atomic E-state index is 12.7. The van der Waals surface area contributed by atoms with Crippen LogP contribution in [-0.4, -0.2) is 42.4 Å². The van der Waals surface area contributed by atoms with Gasteiger partial charge in [0.25, 0.3) is 0 Å². The van der Waals surface area contributed by atoms with Crippen LogP contribution in [0.5, 0.6) is 0 Å². The van der Waals surface area contributed by atoms with E-state index in [4.69, 9.17) is 16.1 Å². The third-order valence-corrected chi connectivity index (χ3v) is 3.92. The first-order valence-electron chi connectivity index (χ1n) is 8.12. The molecule has 9 nitrogen and oxygen atoms in total. The van der Waals surface area contributed by atoms with Gasteiger partial charge in [0.15, 0.2) is 5.82 Å². The number of anilines is 1. The molecule has 1 N–H and O–H groups in total. The molecule has 1 aromatic carbocycles. The second kappa shape index (κ2) is 7.96. The third kappa shape index (κ3) is 3.99. The predicted octanol–water partition coefficient (Wildman–Crippen LogP) is 2.92. The average Bonchev–Trinajstić information content (AvgIpc) is 3.31. The highest BCUT2D eigenvalue weighted by Gasteiger charge is 2.18. The lowest BCUT2D eigenvalue weighted by Gasteiger charge is -2.20. The molecule has 0 aliphatic heterocycles. The number of nitrogens with zero attached hydrogens (tertiary/aromatic N) is 6. The lowest BCUT2D eigenvalue weighted by atomic mass is 10.2. The van der Waals surface area contributed by atoms with Crippen molar-refractivity contribution in [2.75, 3.05) is 11.9 Å². The Kier molecular flexibility index (Phi) is 5.47. The standard InChI is InChI=1S/C16H18ClN7O2/c1-3-14-21-15(26-22-14)8-23(4-2)16(25)20-12-7-11(17)5-6-13(12)24-10-18-9-19-24/h5-7,9-10H,3-4,8H2,1-2H3,(H,20,25). The van der Waals surface area contributed by atoms with Crippen molar-refractivity contribution in [3.8, 4) is 5.69 Å². The van der Waals surface area contributed by atoms with Crippen LogP contribution in [0.2, 0.25) is 5.02 Å². The van der Waals surface area contributed by atoms with E-state index in [0.717, 1.165) is 0 Å². The van der Waals surface area contributed by atoms with Crippen LogP contribution in [0.1, 0.15) is 25.6 Å². The van der Waals surface area contributed by atoms with Crippen molar-refractivity contribution in [3.63, 3.8) is 0 Å². The number of nitrogens with one attached hydrogen (secondary N) is 1. The molecule has 26 heavy (non-hydrogen) atoms. The SMILES string of the molecule is CCc1noc(CN(CC)C(=O)Nc2cc(Cl)ccc2-n2cncn2)n1. The van der Waals surface area contributed by atoms with Gasteiger partial charge in [-0.1, -0.05) is 23.7 Å². The second-order valence-electron chi connectivity index (χ2n) is 5.40. The molecule has 0 spiro atoms. The Morgan fingerprint density at radius 2 is 2.23 bits per heavy atom. The first kappa shape index (κ1) is 17.9. The Bertz CT molecular complexity index is 879. The zero-order valence-corrected chi connectivity index (χ0v) is 15.1. The van der Waals surface area contributed by atoms with Crippen LogP contribution >= 0.6 is 11.6 Å². The van der Waals surface area contributed by atoms with Gasteiger partial charge >= 0.3 is 6.03 Å². The molecule has 0 radical (unpaired) electrons. The van der Waals surface area contributed by atoms with Crippen LogP contribution in [0.25, 0.3) is 5.69 Å². The number of benzene rings is 1. The lowest BCUT2D eigenvalue weighted by Crippen LogP contribution is -2.34. The van der Waals surface area contributed by atoms with E-state index in [1.165, 1.54) is 6.33 Å². The van der Waals surface area contributed by atoms with Crippen molar-refractivity contribution in [2.45, 2.75) is 26.8 Å². The molecule has 0 saturated heterocycles. The summed E-state index contributed by atoms with van der Waals surface area (Å²) in [5.74, 6) is 1.00. The summed E-state index contributed by atoms with van der Waals surface area (Å²) in [6.07, 6.45) is 3.63. The Morgan fingerprint density at radius 1 is 1.38 bits per heavy atom. The third-order valence-electron chi connectivity index (χ3n) is 3.69. The first-order chi connectivity index (χ1) is 12.6. The fourth-order valence-corrected chi connectivity index (χ4v) is 2.50. The maximum Gasteiger partial charge on any atom is 0.322 e. The molecular formula is C16H18ClN7O2. The zero-order chi connectivity index (χ0) is 18.5. The summed E-state index contributed by atoms with van der Waals surface area (Å²) in [6.45, 7) is 4.49. The minimum atomic E-state index is -0.313. The van der Waals surface area contributed by atoms with Crippen molar-refractivity contribution in [2.24, 2.45) is 0 Å². The minimum Gasteiger partial charge on any atom is -0.337 e. The molecule has 3 aromatic rings. The predicted molar refractivity (Wildman–Crippen MR) is 95.1 cm³/mol. The molecular weight excluding hydrogens is 358 g/mol. The van der Waals surface area contributed by atoms with E-state index in [2.05, 4.69) is 25.5 Å². The number of amides is 2. The first-order valence-corrected chi connectivity index (χ1v) is 8.50. The van der Waals surface area contributed by atoms with Crippen LogP contribution in [0.4, 0.5) is 10.5 Å². The number of rotatable bonds is 6. The zero-order valence-electron chi connectivity index (χ0n) is 14.4. The Morgan fingerprint density at radius 3 is 2.88 bits per heavy atom. The number of hydrogen-bond acceptors (Lipinski definition) is 6. The van der Waals surface area contributed by atoms with Gasteiger partial charge in [-0.25, -0.2) is 14.5 Å². The largest absolute Gasteiger partial charge is 0.337 e. The van der Waals surface area contributed by atoms with Crippen LogP contribution in [0.15, 0.2) is 35.4 Å². The Balaban J connectivity index is 1.78. The number of aryl methyl sites for hydroxylation is 1. The van der Waals surface area contributed by atoms with E-state index < -0.39 is 0 Å². The molecule has 0 unspecified atom stereocenters. The summed E-state index contributed by atoms with van der Waals surface area (Å²) in [5.41, 5.74) is 1.17. The highest BCUT2D eigenvalue weighted by Crippen LogP contribution is 2.24. The van der Waals surface area contributed by atoms with E-state index >= 15 is 0 Å². The molecule has 2 amide bonds. The normalized spacial score (nSPS) is 10.7.